The average Bonchev–Trinajstić information content (AvgIpc) is 2.88. The molecule has 0 aliphatic carbocycles. The predicted molar refractivity (Wildman–Crippen MR) is 115 cm³/mol. The molecule has 2 aromatic rings. The van der Waals surface area contributed by atoms with E-state index in [9.17, 15) is 4.79 Å². The van der Waals surface area contributed by atoms with Gasteiger partial charge in [-0.1, -0.05) is 65.4 Å². The second-order valence-electron chi connectivity index (χ2n) is 5.64. The van der Waals surface area contributed by atoms with Crippen molar-refractivity contribution in [3.05, 3.63) is 62.5 Å². The maximum Gasteiger partial charge on any atom is 0.265 e. The van der Waals surface area contributed by atoms with Crippen molar-refractivity contribution >= 4 is 63.5 Å². The molecule has 0 atom stereocenters. The van der Waals surface area contributed by atoms with Crippen LogP contribution in [-0.2, 0) is 11.4 Å². The fourth-order valence-corrected chi connectivity index (χ4v) is 4.07. The van der Waals surface area contributed by atoms with Gasteiger partial charge in [0.15, 0.2) is 11.5 Å². The van der Waals surface area contributed by atoms with Crippen LogP contribution in [0, 0.1) is 0 Å². The van der Waals surface area contributed by atoms with Gasteiger partial charge < -0.3 is 9.47 Å². The second-order valence-corrected chi connectivity index (χ2v) is 8.16. The first-order valence-electron chi connectivity index (χ1n) is 7.86. The number of ether oxygens (including phenoxy) is 2. The van der Waals surface area contributed by atoms with E-state index in [-0.39, 0.29) is 12.5 Å². The van der Waals surface area contributed by atoms with Crippen LogP contribution in [-0.4, -0.2) is 29.3 Å². The zero-order valence-electron chi connectivity index (χ0n) is 14.5. The molecule has 4 nitrogen and oxygen atoms in total. The highest BCUT2D eigenvalue weighted by molar-refractivity contribution is 8.26. The highest BCUT2D eigenvalue weighted by atomic mass is 35.5. The minimum Gasteiger partial charge on any atom is -0.493 e. The van der Waals surface area contributed by atoms with Gasteiger partial charge in [-0.05, 0) is 24.3 Å². The Morgan fingerprint density at radius 1 is 1.26 bits per heavy atom. The van der Waals surface area contributed by atoms with E-state index < -0.39 is 0 Å². The molecule has 8 heteroatoms. The fraction of sp³-hybridized carbons (Fsp3) is 0.158. The first kappa shape index (κ1) is 20.0. The Kier molecular flexibility index (Phi) is 6.32. The van der Waals surface area contributed by atoms with Gasteiger partial charge in [0, 0.05) is 28.2 Å². The van der Waals surface area contributed by atoms with E-state index >= 15 is 0 Å². The van der Waals surface area contributed by atoms with E-state index in [2.05, 4.69) is 0 Å². The molecule has 0 N–H and O–H groups in total. The van der Waals surface area contributed by atoms with Crippen molar-refractivity contribution in [1.82, 2.24) is 4.90 Å². The lowest BCUT2D eigenvalue weighted by Crippen LogP contribution is -2.22. The van der Waals surface area contributed by atoms with Crippen LogP contribution < -0.4 is 9.47 Å². The van der Waals surface area contributed by atoms with Crippen LogP contribution in [0.25, 0.3) is 6.08 Å². The standard InChI is InChI=1S/C19H15Cl2NO3S2/c1-22-18(23)16(27-19(22)26)8-11-4-3-5-15(24-2)17(11)25-10-12-6-7-13(20)9-14(12)21/h3-9H,10H2,1-2H3/b16-8+. The molecular formula is C19H15Cl2NO3S2. The highest BCUT2D eigenvalue weighted by Crippen LogP contribution is 2.37. The molecule has 0 radical (unpaired) electrons. The Labute approximate surface area is 177 Å². The summed E-state index contributed by atoms with van der Waals surface area (Å²) >= 11 is 18.6. The van der Waals surface area contributed by atoms with Gasteiger partial charge in [0.25, 0.3) is 5.91 Å². The zero-order valence-corrected chi connectivity index (χ0v) is 17.6. The summed E-state index contributed by atoms with van der Waals surface area (Å²) in [4.78, 5) is 14.3. The summed E-state index contributed by atoms with van der Waals surface area (Å²) in [6.07, 6.45) is 1.75. The third-order valence-corrected chi connectivity index (χ3v) is 5.96. The Morgan fingerprint density at radius 2 is 2.04 bits per heavy atom. The van der Waals surface area contributed by atoms with Crippen LogP contribution in [0.2, 0.25) is 10.0 Å². The molecule has 1 aliphatic heterocycles. The number of halogens is 2. The molecule has 0 saturated carbocycles. The summed E-state index contributed by atoms with van der Waals surface area (Å²) in [7, 11) is 3.22. The maximum absolute atomic E-state index is 12.3. The molecule has 1 aliphatic rings. The van der Waals surface area contributed by atoms with Crippen LogP contribution in [0.15, 0.2) is 41.3 Å². The van der Waals surface area contributed by atoms with Gasteiger partial charge in [0.1, 0.15) is 10.9 Å². The topological polar surface area (TPSA) is 38.8 Å². The molecule has 0 bridgehead atoms. The summed E-state index contributed by atoms with van der Waals surface area (Å²) in [6, 6.07) is 10.7. The molecule has 0 spiro atoms. The number of carbonyl (C=O) groups excluding carboxylic acids is 1. The smallest absolute Gasteiger partial charge is 0.265 e. The SMILES string of the molecule is COc1cccc(/C=C2/SC(=S)N(C)C2=O)c1OCc1ccc(Cl)cc1Cl. The van der Waals surface area contributed by atoms with E-state index in [0.717, 1.165) is 5.56 Å². The molecule has 0 unspecified atom stereocenters. The average molecular weight is 440 g/mol. The van der Waals surface area contributed by atoms with Crippen molar-refractivity contribution in [3.8, 4) is 11.5 Å². The molecule has 1 amide bonds. The molecule has 2 aromatic carbocycles. The van der Waals surface area contributed by atoms with Crippen molar-refractivity contribution in [2.75, 3.05) is 14.2 Å². The minimum atomic E-state index is -0.139. The van der Waals surface area contributed by atoms with Gasteiger partial charge >= 0.3 is 0 Å². The zero-order chi connectivity index (χ0) is 19.6. The third kappa shape index (κ3) is 4.41. The molecular weight excluding hydrogens is 425 g/mol. The van der Waals surface area contributed by atoms with Gasteiger partial charge in [-0.2, -0.15) is 0 Å². The van der Waals surface area contributed by atoms with E-state index in [1.54, 1.807) is 38.4 Å². The number of thioether (sulfide) groups is 1. The fourth-order valence-electron chi connectivity index (χ4n) is 2.44. The van der Waals surface area contributed by atoms with Crippen molar-refractivity contribution in [2.24, 2.45) is 0 Å². The van der Waals surface area contributed by atoms with E-state index in [1.807, 2.05) is 18.2 Å². The highest BCUT2D eigenvalue weighted by Gasteiger charge is 2.29. The molecule has 3 rings (SSSR count). The van der Waals surface area contributed by atoms with Crippen molar-refractivity contribution in [2.45, 2.75) is 6.61 Å². The number of amides is 1. The van der Waals surface area contributed by atoms with Crippen LogP contribution in [0.5, 0.6) is 11.5 Å². The van der Waals surface area contributed by atoms with E-state index in [4.69, 9.17) is 44.9 Å². The molecule has 0 aromatic heterocycles. The van der Waals surface area contributed by atoms with Gasteiger partial charge in [-0.3, -0.25) is 9.69 Å². The summed E-state index contributed by atoms with van der Waals surface area (Å²) in [5.41, 5.74) is 1.51. The van der Waals surface area contributed by atoms with Gasteiger partial charge in [0.05, 0.1) is 12.0 Å². The molecule has 1 saturated heterocycles. The number of nitrogens with zero attached hydrogens (tertiary/aromatic N) is 1. The quantitative estimate of drug-likeness (QED) is 0.459. The van der Waals surface area contributed by atoms with Crippen LogP contribution in [0.1, 0.15) is 11.1 Å². The molecule has 1 fully saturated rings. The Bertz CT molecular complexity index is 947. The van der Waals surface area contributed by atoms with Crippen LogP contribution >= 0.6 is 47.2 Å². The normalized spacial score (nSPS) is 15.6. The first-order valence-corrected chi connectivity index (χ1v) is 9.84. The third-order valence-electron chi connectivity index (χ3n) is 3.89. The van der Waals surface area contributed by atoms with Crippen LogP contribution in [0.3, 0.4) is 0 Å². The maximum atomic E-state index is 12.3. The summed E-state index contributed by atoms with van der Waals surface area (Å²) in [5.74, 6) is 0.938. The minimum absolute atomic E-state index is 0.139. The molecule has 140 valence electrons. The Hall–Kier alpha value is -1.73. The van der Waals surface area contributed by atoms with E-state index in [0.29, 0.717) is 36.3 Å². The lowest BCUT2D eigenvalue weighted by atomic mass is 10.1. The van der Waals surface area contributed by atoms with Gasteiger partial charge in [-0.15, -0.1) is 0 Å². The van der Waals surface area contributed by atoms with Gasteiger partial charge in [0.2, 0.25) is 0 Å². The summed E-state index contributed by atoms with van der Waals surface area (Å²) < 4.78 is 11.9. The number of likely N-dealkylation sites (N-methyl/N-ethyl adjacent to an activating group) is 1. The predicted octanol–water partition coefficient (Wildman–Crippen LogP) is 5.41. The lowest BCUT2D eigenvalue weighted by molar-refractivity contribution is -0.121. The van der Waals surface area contributed by atoms with Crippen molar-refractivity contribution in [1.29, 1.82) is 0 Å². The second kappa shape index (κ2) is 8.52. The Morgan fingerprint density at radius 3 is 2.67 bits per heavy atom. The molecule has 1 heterocycles. The number of benzene rings is 2. The van der Waals surface area contributed by atoms with Crippen molar-refractivity contribution < 1.29 is 14.3 Å². The summed E-state index contributed by atoms with van der Waals surface area (Å²) in [5, 5.41) is 1.08. The van der Waals surface area contributed by atoms with Crippen LogP contribution in [0.4, 0.5) is 0 Å². The largest absolute Gasteiger partial charge is 0.493 e. The lowest BCUT2D eigenvalue weighted by Gasteiger charge is -2.14. The number of rotatable bonds is 5. The van der Waals surface area contributed by atoms with E-state index in [1.165, 1.54) is 16.7 Å². The monoisotopic (exact) mass is 439 g/mol. The first-order chi connectivity index (χ1) is 12.9. The Balaban J connectivity index is 1.92. The number of methoxy groups -OCH3 is 1. The van der Waals surface area contributed by atoms with Crippen molar-refractivity contribution in [3.63, 3.8) is 0 Å². The number of para-hydroxylation sites is 1. The molecule has 27 heavy (non-hydrogen) atoms. The number of thiocarbonyl (C=S) groups is 1. The number of carbonyl (C=O) groups is 1. The van der Waals surface area contributed by atoms with Gasteiger partial charge in [-0.25, -0.2) is 0 Å². The summed E-state index contributed by atoms with van der Waals surface area (Å²) in [6.45, 7) is 0.228. The number of hydrogen-bond donors (Lipinski definition) is 0. The number of hydrogen-bond acceptors (Lipinski definition) is 5.